The first kappa shape index (κ1) is 15.4. The van der Waals surface area contributed by atoms with Crippen molar-refractivity contribution < 1.29 is 19.7 Å². The van der Waals surface area contributed by atoms with E-state index >= 15 is 0 Å². The molecule has 0 radical (unpaired) electrons. The first-order chi connectivity index (χ1) is 10.2. The standard InChI is InChI=1S/C13H13N3O4S/c1-8-3-4-9-6-11(21-20-19-18)12(16-15-7-14-2)13(17)10(9)5-8/h3-6,17-18H,2,7H2,1H3. The predicted molar refractivity (Wildman–Crippen MR) is 79.9 cm³/mol. The van der Waals surface area contributed by atoms with E-state index in [0.29, 0.717) is 22.3 Å². The van der Waals surface area contributed by atoms with Crippen LogP contribution in [0, 0.1) is 6.92 Å². The fourth-order valence-corrected chi connectivity index (χ4v) is 2.31. The Morgan fingerprint density at radius 1 is 1.33 bits per heavy atom. The molecule has 2 aromatic rings. The number of benzene rings is 2. The fourth-order valence-electron chi connectivity index (χ4n) is 1.81. The molecule has 21 heavy (non-hydrogen) atoms. The minimum atomic E-state index is -0.0342. The van der Waals surface area contributed by atoms with Gasteiger partial charge >= 0.3 is 0 Å². The molecule has 0 saturated heterocycles. The largest absolute Gasteiger partial charge is 0.505 e. The van der Waals surface area contributed by atoms with Crippen LogP contribution in [0.15, 0.2) is 44.4 Å². The fraction of sp³-hybridized carbons (Fsp3) is 0.154. The van der Waals surface area contributed by atoms with Crippen molar-refractivity contribution in [2.75, 3.05) is 6.67 Å². The number of hydrogen-bond acceptors (Lipinski definition) is 8. The molecule has 0 heterocycles. The van der Waals surface area contributed by atoms with Crippen LogP contribution < -0.4 is 0 Å². The van der Waals surface area contributed by atoms with Gasteiger partial charge in [0.25, 0.3) is 0 Å². The van der Waals surface area contributed by atoms with Crippen LogP contribution >= 0.6 is 12.0 Å². The average Bonchev–Trinajstić information content (AvgIpc) is 2.48. The molecule has 0 aromatic heterocycles. The smallest absolute Gasteiger partial charge is 0.152 e. The molecule has 0 unspecified atom stereocenters. The molecule has 7 nitrogen and oxygen atoms in total. The van der Waals surface area contributed by atoms with E-state index in [1.807, 2.05) is 25.1 Å². The number of aryl methyl sites for hydroxylation is 1. The molecule has 8 heteroatoms. The predicted octanol–water partition coefficient (Wildman–Crippen LogP) is 4.02. The maximum atomic E-state index is 10.4. The summed E-state index contributed by atoms with van der Waals surface area (Å²) in [5.41, 5.74) is 1.21. The number of rotatable bonds is 6. The summed E-state index contributed by atoms with van der Waals surface area (Å²) in [6, 6.07) is 7.37. The van der Waals surface area contributed by atoms with Crippen LogP contribution in [0.2, 0.25) is 0 Å². The number of fused-ring (bicyclic) bond motifs is 1. The van der Waals surface area contributed by atoms with Crippen LogP contribution in [-0.4, -0.2) is 23.7 Å². The molecule has 0 aliphatic rings. The second kappa shape index (κ2) is 7.14. The minimum absolute atomic E-state index is 0.0342. The zero-order valence-corrected chi connectivity index (χ0v) is 12.0. The van der Waals surface area contributed by atoms with Crippen molar-refractivity contribution in [3.8, 4) is 5.75 Å². The normalized spacial score (nSPS) is 11.3. The van der Waals surface area contributed by atoms with Gasteiger partial charge in [-0.1, -0.05) is 22.7 Å². The van der Waals surface area contributed by atoms with E-state index in [-0.39, 0.29) is 18.1 Å². The first-order valence-corrected chi connectivity index (χ1v) is 6.62. The van der Waals surface area contributed by atoms with Gasteiger partial charge in [0.15, 0.2) is 5.75 Å². The maximum Gasteiger partial charge on any atom is 0.152 e. The van der Waals surface area contributed by atoms with Crippen molar-refractivity contribution in [1.82, 2.24) is 0 Å². The number of aliphatic imine (C=N–C) groups is 1. The van der Waals surface area contributed by atoms with E-state index in [9.17, 15) is 5.11 Å². The summed E-state index contributed by atoms with van der Waals surface area (Å²) in [6.07, 6.45) is 0. The van der Waals surface area contributed by atoms with Crippen molar-refractivity contribution in [2.45, 2.75) is 11.8 Å². The van der Waals surface area contributed by atoms with Crippen molar-refractivity contribution in [3.63, 3.8) is 0 Å². The van der Waals surface area contributed by atoms with E-state index in [1.54, 1.807) is 6.07 Å². The van der Waals surface area contributed by atoms with Crippen molar-refractivity contribution in [1.29, 1.82) is 0 Å². The van der Waals surface area contributed by atoms with Crippen molar-refractivity contribution in [3.05, 3.63) is 29.8 Å². The Kier molecular flexibility index (Phi) is 5.23. The lowest BCUT2D eigenvalue weighted by Crippen LogP contribution is -1.84. The van der Waals surface area contributed by atoms with Crippen LogP contribution in [0.5, 0.6) is 5.75 Å². The van der Waals surface area contributed by atoms with Gasteiger partial charge in [-0.2, -0.15) is 5.11 Å². The van der Waals surface area contributed by atoms with Gasteiger partial charge in [0.2, 0.25) is 0 Å². The van der Waals surface area contributed by atoms with Crippen LogP contribution in [0.4, 0.5) is 5.69 Å². The molecule has 2 rings (SSSR count). The van der Waals surface area contributed by atoms with E-state index in [1.165, 1.54) is 0 Å². The quantitative estimate of drug-likeness (QED) is 0.276. The molecule has 0 spiro atoms. The topological polar surface area (TPSA) is 96.0 Å². The Balaban J connectivity index is 2.58. The third-order valence-corrected chi connectivity index (χ3v) is 3.32. The van der Waals surface area contributed by atoms with Crippen LogP contribution in [-0.2, 0) is 9.37 Å². The highest BCUT2D eigenvalue weighted by Crippen LogP contribution is 2.43. The van der Waals surface area contributed by atoms with Gasteiger partial charge in [0.05, 0.1) is 16.9 Å². The Labute approximate surface area is 125 Å². The van der Waals surface area contributed by atoms with E-state index in [2.05, 4.69) is 31.3 Å². The number of phenols is 1. The second-order valence-corrected chi connectivity index (χ2v) is 4.87. The number of phenolic OH excluding ortho intramolecular Hbond substituents is 1. The summed E-state index contributed by atoms with van der Waals surface area (Å²) in [5.74, 6) is -0.0342. The molecule has 0 fully saturated rings. The summed E-state index contributed by atoms with van der Waals surface area (Å²) in [7, 11) is 0. The van der Waals surface area contributed by atoms with Gasteiger partial charge in [-0.3, -0.25) is 4.99 Å². The Morgan fingerprint density at radius 2 is 2.14 bits per heavy atom. The molecule has 0 saturated carbocycles. The van der Waals surface area contributed by atoms with Gasteiger partial charge in [0, 0.05) is 5.39 Å². The SMILES string of the molecule is C=NCN=Nc1c(SOOO)cc2ccc(C)cc2c1O. The number of hydrogen-bond donors (Lipinski definition) is 2. The Bertz CT molecular complexity index is 691. The van der Waals surface area contributed by atoms with Gasteiger partial charge in [-0.05, 0) is 31.2 Å². The van der Waals surface area contributed by atoms with Crippen LogP contribution in [0.3, 0.4) is 0 Å². The van der Waals surface area contributed by atoms with Crippen LogP contribution in [0.1, 0.15) is 5.56 Å². The van der Waals surface area contributed by atoms with Gasteiger partial charge in [-0.25, -0.2) is 5.26 Å². The third kappa shape index (κ3) is 3.56. The molecule has 2 N–H and O–H groups in total. The van der Waals surface area contributed by atoms with E-state index in [0.717, 1.165) is 10.9 Å². The van der Waals surface area contributed by atoms with Gasteiger partial charge < -0.3 is 5.11 Å². The number of azo groups is 1. The maximum absolute atomic E-state index is 10.4. The summed E-state index contributed by atoms with van der Waals surface area (Å²) in [5, 5.41) is 31.4. The third-order valence-electron chi connectivity index (χ3n) is 2.70. The van der Waals surface area contributed by atoms with Crippen molar-refractivity contribution >= 4 is 35.2 Å². The zero-order chi connectivity index (χ0) is 15.2. The molecule has 0 aliphatic heterocycles. The molecular formula is C13H13N3O4S. The minimum Gasteiger partial charge on any atom is -0.505 e. The summed E-state index contributed by atoms with van der Waals surface area (Å²) in [6.45, 7) is 5.30. The zero-order valence-electron chi connectivity index (χ0n) is 11.2. The Morgan fingerprint density at radius 3 is 2.86 bits per heavy atom. The summed E-state index contributed by atoms with van der Waals surface area (Å²) < 4.78 is 4.42. The van der Waals surface area contributed by atoms with Gasteiger partial charge in [-0.15, -0.1) is 9.45 Å². The highest BCUT2D eigenvalue weighted by molar-refractivity contribution is 7.94. The lowest BCUT2D eigenvalue weighted by Gasteiger charge is -2.09. The number of aromatic hydroxyl groups is 1. The highest BCUT2D eigenvalue weighted by atomic mass is 32.2. The average molecular weight is 307 g/mol. The van der Waals surface area contributed by atoms with Crippen molar-refractivity contribution in [2.24, 2.45) is 15.2 Å². The lowest BCUT2D eigenvalue weighted by molar-refractivity contribution is -0.432. The lowest BCUT2D eigenvalue weighted by atomic mass is 10.1. The summed E-state index contributed by atoms with van der Waals surface area (Å²) >= 11 is 0.706. The molecule has 110 valence electrons. The Hall–Kier alpha value is -2.00. The molecule has 0 bridgehead atoms. The molecule has 2 aromatic carbocycles. The number of nitrogens with zero attached hydrogens (tertiary/aromatic N) is 3. The second-order valence-electron chi connectivity index (χ2n) is 4.13. The van der Waals surface area contributed by atoms with Gasteiger partial charge in [0.1, 0.15) is 12.4 Å². The molecular weight excluding hydrogens is 294 g/mol. The van der Waals surface area contributed by atoms with E-state index < -0.39 is 0 Å². The molecule has 0 amide bonds. The molecule has 0 atom stereocenters. The first-order valence-electron chi connectivity index (χ1n) is 5.88. The summed E-state index contributed by atoms with van der Waals surface area (Å²) in [4.78, 5) is 3.99. The van der Waals surface area contributed by atoms with E-state index in [4.69, 9.17) is 5.26 Å². The van der Waals surface area contributed by atoms with Crippen LogP contribution in [0.25, 0.3) is 10.8 Å². The highest BCUT2D eigenvalue weighted by Gasteiger charge is 2.14. The molecule has 0 aliphatic carbocycles. The monoisotopic (exact) mass is 307 g/mol.